The Bertz CT molecular complexity index is 720. The van der Waals surface area contributed by atoms with Gasteiger partial charge in [0.05, 0.1) is 0 Å². The van der Waals surface area contributed by atoms with Gasteiger partial charge in [-0.3, -0.25) is 4.90 Å². The summed E-state index contributed by atoms with van der Waals surface area (Å²) in [6, 6.07) is 16.0. The second-order valence-electron chi connectivity index (χ2n) is 6.98. The second kappa shape index (κ2) is 7.08. The second-order valence-corrected chi connectivity index (χ2v) is 7.37. The average Bonchev–Trinajstić information content (AvgIpc) is 3.42. The molecule has 2 fully saturated rings. The number of rotatable bonds is 3. The number of thiocarbonyl (C=S) groups is 1. The van der Waals surface area contributed by atoms with Crippen molar-refractivity contribution < 1.29 is 0 Å². The molecule has 0 atom stereocenters. The molecular formula is C20H25N3S. The van der Waals surface area contributed by atoms with Gasteiger partial charge in [-0.2, -0.15) is 0 Å². The summed E-state index contributed by atoms with van der Waals surface area (Å²) in [5.74, 6) is 0. The lowest BCUT2D eigenvalue weighted by Crippen LogP contribution is -2.42. The third-order valence-corrected chi connectivity index (χ3v) is 5.43. The fraction of sp³-hybridized carbons (Fsp3) is 0.450. The Hall–Kier alpha value is -1.65. The SMILES string of the molecule is S=C(NC1CC1)N1CCCN(Cc2cccc3ccccc23)CC1. The molecule has 2 aliphatic rings. The molecule has 0 amide bonds. The lowest BCUT2D eigenvalue weighted by molar-refractivity contribution is 0.278. The van der Waals surface area contributed by atoms with Gasteiger partial charge in [0.2, 0.25) is 0 Å². The van der Waals surface area contributed by atoms with Crippen molar-refractivity contribution in [2.45, 2.75) is 31.8 Å². The molecule has 0 radical (unpaired) electrons. The van der Waals surface area contributed by atoms with Crippen LogP contribution in [-0.4, -0.2) is 47.1 Å². The average molecular weight is 340 g/mol. The van der Waals surface area contributed by atoms with E-state index in [-0.39, 0.29) is 0 Å². The number of nitrogens with zero attached hydrogens (tertiary/aromatic N) is 2. The Balaban J connectivity index is 1.40. The topological polar surface area (TPSA) is 18.5 Å². The monoisotopic (exact) mass is 339 g/mol. The fourth-order valence-corrected chi connectivity index (χ4v) is 3.85. The maximum atomic E-state index is 5.58. The first-order valence-electron chi connectivity index (χ1n) is 9.04. The largest absolute Gasteiger partial charge is 0.360 e. The molecule has 2 aromatic carbocycles. The van der Waals surface area contributed by atoms with Crippen LogP contribution >= 0.6 is 12.2 Å². The highest BCUT2D eigenvalue weighted by Crippen LogP contribution is 2.21. The number of nitrogens with one attached hydrogen (secondary N) is 1. The quantitative estimate of drug-likeness (QED) is 0.864. The Labute approximate surface area is 149 Å². The molecule has 4 rings (SSSR count). The molecule has 1 aliphatic heterocycles. The van der Waals surface area contributed by atoms with Crippen LogP contribution in [0.2, 0.25) is 0 Å². The van der Waals surface area contributed by atoms with Crippen LogP contribution in [0.3, 0.4) is 0 Å². The molecule has 1 heterocycles. The summed E-state index contributed by atoms with van der Waals surface area (Å²) in [7, 11) is 0. The summed E-state index contributed by atoms with van der Waals surface area (Å²) < 4.78 is 0. The van der Waals surface area contributed by atoms with Crippen LogP contribution in [0.4, 0.5) is 0 Å². The molecule has 2 aromatic rings. The zero-order valence-electron chi connectivity index (χ0n) is 14.1. The van der Waals surface area contributed by atoms with Crippen LogP contribution in [0.5, 0.6) is 0 Å². The van der Waals surface area contributed by atoms with Crippen LogP contribution in [0.1, 0.15) is 24.8 Å². The molecule has 4 heteroatoms. The van der Waals surface area contributed by atoms with Crippen molar-refractivity contribution in [2.24, 2.45) is 0 Å². The van der Waals surface area contributed by atoms with E-state index >= 15 is 0 Å². The molecule has 0 aromatic heterocycles. The van der Waals surface area contributed by atoms with E-state index in [0.29, 0.717) is 6.04 Å². The predicted molar refractivity (Wildman–Crippen MR) is 104 cm³/mol. The van der Waals surface area contributed by atoms with E-state index in [4.69, 9.17) is 12.2 Å². The minimum absolute atomic E-state index is 0.646. The number of fused-ring (bicyclic) bond motifs is 1. The Kier molecular flexibility index (Phi) is 4.67. The first kappa shape index (κ1) is 15.9. The van der Waals surface area contributed by atoms with E-state index in [1.165, 1.54) is 35.6 Å². The molecule has 1 saturated carbocycles. The van der Waals surface area contributed by atoms with Gasteiger partial charge in [0, 0.05) is 38.8 Å². The molecule has 24 heavy (non-hydrogen) atoms. The van der Waals surface area contributed by atoms with Crippen molar-refractivity contribution in [3.05, 3.63) is 48.0 Å². The third-order valence-electron chi connectivity index (χ3n) is 5.05. The summed E-state index contributed by atoms with van der Waals surface area (Å²) in [6.45, 7) is 5.35. The van der Waals surface area contributed by atoms with Crippen molar-refractivity contribution in [3.63, 3.8) is 0 Å². The molecule has 1 aliphatic carbocycles. The van der Waals surface area contributed by atoms with Gasteiger partial charge in [0.15, 0.2) is 5.11 Å². The molecule has 126 valence electrons. The van der Waals surface area contributed by atoms with Crippen molar-refractivity contribution in [1.29, 1.82) is 0 Å². The van der Waals surface area contributed by atoms with E-state index in [1.54, 1.807) is 0 Å². The standard InChI is InChI=1S/C20H25N3S/c24-20(21-18-9-10-18)23-12-4-11-22(13-14-23)15-17-7-3-6-16-5-1-2-8-19(16)17/h1-3,5-8,18H,4,9-15H2,(H,21,24). The van der Waals surface area contributed by atoms with E-state index in [0.717, 1.165) is 37.8 Å². The maximum Gasteiger partial charge on any atom is 0.169 e. The number of hydrogen-bond donors (Lipinski definition) is 1. The van der Waals surface area contributed by atoms with Crippen LogP contribution in [0.15, 0.2) is 42.5 Å². The van der Waals surface area contributed by atoms with Crippen molar-refractivity contribution in [1.82, 2.24) is 15.1 Å². The molecule has 0 bridgehead atoms. The maximum absolute atomic E-state index is 5.58. The molecule has 0 unspecified atom stereocenters. The number of hydrogen-bond acceptors (Lipinski definition) is 2. The first-order chi connectivity index (χ1) is 11.8. The molecule has 3 nitrogen and oxygen atoms in total. The lowest BCUT2D eigenvalue weighted by Gasteiger charge is -2.25. The number of benzene rings is 2. The highest BCUT2D eigenvalue weighted by Gasteiger charge is 2.25. The molecule has 0 spiro atoms. The molecule has 1 N–H and O–H groups in total. The predicted octanol–water partition coefficient (Wildman–Crippen LogP) is 3.38. The summed E-state index contributed by atoms with van der Waals surface area (Å²) >= 11 is 5.58. The Morgan fingerprint density at radius 1 is 1.00 bits per heavy atom. The van der Waals surface area contributed by atoms with Gasteiger partial charge in [-0.15, -0.1) is 0 Å². The van der Waals surface area contributed by atoms with Gasteiger partial charge in [-0.25, -0.2) is 0 Å². The molecular weight excluding hydrogens is 314 g/mol. The minimum atomic E-state index is 0.646. The van der Waals surface area contributed by atoms with Gasteiger partial charge < -0.3 is 10.2 Å². The van der Waals surface area contributed by atoms with Crippen LogP contribution < -0.4 is 5.32 Å². The first-order valence-corrected chi connectivity index (χ1v) is 9.45. The van der Waals surface area contributed by atoms with Crippen LogP contribution in [0.25, 0.3) is 10.8 Å². The lowest BCUT2D eigenvalue weighted by atomic mass is 10.0. The van der Waals surface area contributed by atoms with Gasteiger partial charge in [0.1, 0.15) is 0 Å². The van der Waals surface area contributed by atoms with E-state index in [2.05, 4.69) is 57.6 Å². The third kappa shape index (κ3) is 3.70. The van der Waals surface area contributed by atoms with Gasteiger partial charge in [-0.1, -0.05) is 42.5 Å². The van der Waals surface area contributed by atoms with Crippen LogP contribution in [-0.2, 0) is 6.54 Å². The fourth-order valence-electron chi connectivity index (χ4n) is 3.50. The minimum Gasteiger partial charge on any atom is -0.360 e. The van der Waals surface area contributed by atoms with Crippen molar-refractivity contribution in [3.8, 4) is 0 Å². The zero-order chi connectivity index (χ0) is 16.4. The highest BCUT2D eigenvalue weighted by atomic mass is 32.1. The summed E-state index contributed by atoms with van der Waals surface area (Å²) in [6.07, 6.45) is 3.74. The van der Waals surface area contributed by atoms with Crippen molar-refractivity contribution >= 4 is 28.1 Å². The zero-order valence-corrected chi connectivity index (χ0v) is 14.9. The van der Waals surface area contributed by atoms with E-state index < -0.39 is 0 Å². The van der Waals surface area contributed by atoms with Gasteiger partial charge in [0.25, 0.3) is 0 Å². The Morgan fingerprint density at radius 3 is 2.71 bits per heavy atom. The van der Waals surface area contributed by atoms with Crippen LogP contribution in [0, 0.1) is 0 Å². The summed E-state index contributed by atoms with van der Waals surface area (Å²) in [4.78, 5) is 4.93. The summed E-state index contributed by atoms with van der Waals surface area (Å²) in [5, 5.41) is 7.16. The van der Waals surface area contributed by atoms with E-state index in [1.807, 2.05) is 0 Å². The summed E-state index contributed by atoms with van der Waals surface area (Å²) in [5.41, 5.74) is 1.43. The Morgan fingerprint density at radius 2 is 1.83 bits per heavy atom. The van der Waals surface area contributed by atoms with Gasteiger partial charge >= 0.3 is 0 Å². The van der Waals surface area contributed by atoms with Crippen molar-refractivity contribution in [2.75, 3.05) is 26.2 Å². The smallest absolute Gasteiger partial charge is 0.169 e. The van der Waals surface area contributed by atoms with E-state index in [9.17, 15) is 0 Å². The highest BCUT2D eigenvalue weighted by molar-refractivity contribution is 7.80. The molecule has 1 saturated heterocycles. The van der Waals surface area contributed by atoms with Gasteiger partial charge in [-0.05, 0) is 47.8 Å². The normalized spacial score (nSPS) is 19.2.